The van der Waals surface area contributed by atoms with Gasteiger partial charge < -0.3 is 10.2 Å². The number of hydrogen-bond acceptors (Lipinski definition) is 5. The molecule has 0 rings (SSSR count). The van der Waals surface area contributed by atoms with Gasteiger partial charge in [-0.05, 0) is 12.8 Å². The SMILES string of the molecule is O=C(O)CCCO[P+](=O)OCCCC(=O)O.[Zr].[Zr]. The van der Waals surface area contributed by atoms with E-state index >= 15 is 0 Å². The van der Waals surface area contributed by atoms with Crippen LogP contribution in [0.3, 0.4) is 0 Å². The summed E-state index contributed by atoms with van der Waals surface area (Å²) >= 11 is 0. The predicted molar refractivity (Wildman–Crippen MR) is 53.3 cm³/mol. The van der Waals surface area contributed by atoms with E-state index < -0.39 is 20.2 Å². The Labute approximate surface area is 144 Å². The van der Waals surface area contributed by atoms with Crippen molar-refractivity contribution in [2.75, 3.05) is 13.2 Å². The molecule has 0 aromatic rings. The van der Waals surface area contributed by atoms with Gasteiger partial charge in [0.05, 0.1) is 0 Å². The van der Waals surface area contributed by atoms with Crippen molar-refractivity contribution in [2.24, 2.45) is 0 Å². The zero-order valence-electron chi connectivity index (χ0n) is 9.63. The largest absolute Gasteiger partial charge is 0.697 e. The second-order valence-electron chi connectivity index (χ2n) is 2.88. The second kappa shape index (κ2) is 15.8. The van der Waals surface area contributed by atoms with Gasteiger partial charge >= 0.3 is 20.2 Å². The van der Waals surface area contributed by atoms with Gasteiger partial charge in [-0.25, -0.2) is 0 Å². The van der Waals surface area contributed by atoms with Gasteiger partial charge in [-0.15, -0.1) is 9.05 Å². The fourth-order valence-corrected chi connectivity index (χ4v) is 1.39. The number of carboxylic acids is 2. The third-order valence-electron chi connectivity index (χ3n) is 1.46. The minimum Gasteiger partial charge on any atom is -0.481 e. The van der Waals surface area contributed by atoms with E-state index in [1.807, 2.05) is 0 Å². The molecule has 0 aliphatic rings. The molecule has 0 heterocycles. The van der Waals surface area contributed by atoms with E-state index in [0.717, 1.165) is 0 Å². The number of hydrogen-bond donors (Lipinski definition) is 2. The quantitative estimate of drug-likeness (QED) is 0.394. The molecular formula is C8H14O7PZr2+. The molecule has 100 valence electrons. The molecule has 18 heavy (non-hydrogen) atoms. The number of aliphatic carboxylic acids is 2. The smallest absolute Gasteiger partial charge is 0.481 e. The zero-order valence-corrected chi connectivity index (χ0v) is 15.4. The fourth-order valence-electron chi connectivity index (χ4n) is 0.762. The Kier molecular flexibility index (Phi) is 20.9. The zero-order chi connectivity index (χ0) is 12.4. The summed E-state index contributed by atoms with van der Waals surface area (Å²) in [6.07, 6.45) is 0.411. The molecule has 0 atom stereocenters. The van der Waals surface area contributed by atoms with Crippen LogP contribution in [0.4, 0.5) is 0 Å². The number of rotatable bonds is 10. The van der Waals surface area contributed by atoms with Gasteiger partial charge in [0.2, 0.25) is 0 Å². The van der Waals surface area contributed by atoms with Crippen LogP contribution in [-0.4, -0.2) is 35.4 Å². The van der Waals surface area contributed by atoms with Gasteiger partial charge in [0.1, 0.15) is 13.2 Å². The van der Waals surface area contributed by atoms with Crippen LogP contribution in [0.15, 0.2) is 0 Å². The van der Waals surface area contributed by atoms with Gasteiger partial charge in [-0.1, -0.05) is 0 Å². The summed E-state index contributed by atoms with van der Waals surface area (Å²) in [5, 5.41) is 16.6. The van der Waals surface area contributed by atoms with Crippen molar-refractivity contribution in [3.63, 3.8) is 0 Å². The van der Waals surface area contributed by atoms with Gasteiger partial charge in [0.25, 0.3) is 0 Å². The van der Waals surface area contributed by atoms with E-state index in [2.05, 4.69) is 9.05 Å². The monoisotopic (exact) mass is 433 g/mol. The second-order valence-corrected chi connectivity index (χ2v) is 3.85. The van der Waals surface area contributed by atoms with Crippen LogP contribution in [-0.2, 0) is 75.6 Å². The van der Waals surface area contributed by atoms with Crippen LogP contribution < -0.4 is 0 Å². The maximum absolute atomic E-state index is 10.9. The van der Waals surface area contributed by atoms with Crippen LogP contribution in [0.25, 0.3) is 0 Å². The molecule has 0 spiro atoms. The average molecular weight is 436 g/mol. The van der Waals surface area contributed by atoms with Crippen LogP contribution in [0.1, 0.15) is 25.7 Å². The van der Waals surface area contributed by atoms with Gasteiger partial charge in [0.15, 0.2) is 0 Å². The Bertz CT molecular complexity index is 238. The van der Waals surface area contributed by atoms with Crippen molar-refractivity contribution < 1.29 is 85.8 Å². The standard InChI is InChI=1S/C8H13O7P.2Zr/c9-7(10)3-1-5-14-16(13)15-6-2-4-8(11)12;;/h1-6H2,(H-,9,10,11,12);;/p+1. The Hall–Kier alpha value is 0.726. The Balaban J connectivity index is -0.00000112. The van der Waals surface area contributed by atoms with E-state index in [1.165, 1.54) is 0 Å². The van der Waals surface area contributed by atoms with Crippen molar-refractivity contribution in [1.29, 1.82) is 0 Å². The van der Waals surface area contributed by atoms with Crippen molar-refractivity contribution in [3.8, 4) is 0 Å². The van der Waals surface area contributed by atoms with Crippen LogP contribution in [0, 0.1) is 0 Å². The summed E-state index contributed by atoms with van der Waals surface area (Å²) in [4.78, 5) is 20.2. The van der Waals surface area contributed by atoms with E-state index in [4.69, 9.17) is 10.2 Å². The molecule has 0 radical (unpaired) electrons. The molecule has 0 aromatic heterocycles. The first-order valence-electron chi connectivity index (χ1n) is 4.69. The maximum atomic E-state index is 10.9. The number of carboxylic acid groups (broad SMARTS) is 2. The van der Waals surface area contributed by atoms with Crippen molar-refractivity contribution >= 4 is 20.2 Å². The minimum atomic E-state index is -2.28. The molecule has 7 nitrogen and oxygen atoms in total. The normalized spacial score (nSPS) is 8.89. The van der Waals surface area contributed by atoms with Crippen molar-refractivity contribution in [3.05, 3.63) is 0 Å². The van der Waals surface area contributed by atoms with Gasteiger partial charge in [-0.3, -0.25) is 9.59 Å². The average Bonchev–Trinajstić information content (AvgIpc) is 2.19. The van der Waals surface area contributed by atoms with E-state index in [-0.39, 0.29) is 91.3 Å². The molecular weight excluding hydrogens is 422 g/mol. The van der Waals surface area contributed by atoms with Crippen molar-refractivity contribution in [1.82, 2.24) is 0 Å². The molecule has 2 N–H and O–H groups in total. The van der Waals surface area contributed by atoms with E-state index in [0.29, 0.717) is 0 Å². The summed E-state index contributed by atoms with van der Waals surface area (Å²) in [6, 6.07) is 0. The van der Waals surface area contributed by atoms with Crippen LogP contribution >= 0.6 is 8.25 Å². The Morgan fingerprint density at radius 1 is 0.889 bits per heavy atom. The van der Waals surface area contributed by atoms with Crippen molar-refractivity contribution in [2.45, 2.75) is 25.7 Å². The van der Waals surface area contributed by atoms with E-state index in [9.17, 15) is 14.2 Å². The predicted octanol–water partition coefficient (Wildman–Crippen LogP) is 1.40. The Morgan fingerprint density at radius 3 is 1.50 bits per heavy atom. The molecule has 0 aromatic carbocycles. The summed E-state index contributed by atoms with van der Waals surface area (Å²) in [7, 11) is -2.28. The summed E-state index contributed by atoms with van der Waals surface area (Å²) in [6.45, 7) is 0.0842. The Morgan fingerprint density at radius 2 is 1.22 bits per heavy atom. The van der Waals surface area contributed by atoms with Gasteiger partial charge in [0, 0.05) is 69.8 Å². The fraction of sp³-hybridized carbons (Fsp3) is 0.750. The molecule has 0 amide bonds. The molecule has 0 aliphatic heterocycles. The molecule has 0 saturated heterocycles. The summed E-state index contributed by atoms with van der Waals surface area (Å²) in [5.41, 5.74) is 0. The first kappa shape index (κ1) is 23.8. The third-order valence-corrected chi connectivity index (χ3v) is 2.25. The number of carbonyl (C=O) groups is 2. The molecule has 0 bridgehead atoms. The van der Waals surface area contributed by atoms with Gasteiger partial charge in [-0.2, -0.15) is 0 Å². The van der Waals surface area contributed by atoms with Crippen LogP contribution in [0.2, 0.25) is 0 Å². The minimum absolute atomic E-state index is 0. The third kappa shape index (κ3) is 19.1. The summed E-state index contributed by atoms with van der Waals surface area (Å²) in [5.74, 6) is -1.89. The molecule has 0 saturated carbocycles. The topological polar surface area (TPSA) is 110 Å². The first-order valence-corrected chi connectivity index (χ1v) is 5.78. The molecule has 10 heteroatoms. The first-order chi connectivity index (χ1) is 7.52. The molecule has 0 fully saturated rings. The van der Waals surface area contributed by atoms with E-state index in [1.54, 1.807) is 0 Å². The maximum Gasteiger partial charge on any atom is 0.697 e. The molecule has 0 unspecified atom stereocenters. The molecule has 0 aliphatic carbocycles. The van der Waals surface area contributed by atoms with Crippen LogP contribution in [0.5, 0.6) is 0 Å². The summed E-state index contributed by atoms with van der Waals surface area (Å²) < 4.78 is 20.3.